The largest absolute Gasteiger partial charge is 0.462 e. The molecule has 1 saturated heterocycles. The first-order valence-electron chi connectivity index (χ1n) is 7.37. The molecule has 3 nitrogen and oxygen atoms in total. The molecule has 0 radical (unpaired) electrons. The average molecular weight is 253 g/mol. The molecular weight excluding hydrogens is 226 g/mol. The molecule has 1 heterocycles. The van der Waals surface area contributed by atoms with Crippen LogP contribution in [0.2, 0.25) is 0 Å². The zero-order valence-electron chi connectivity index (χ0n) is 12.0. The summed E-state index contributed by atoms with van der Waals surface area (Å²) in [6.45, 7) is 8.67. The maximum Gasteiger partial charge on any atom is 0.310 e. The molecule has 0 aromatic heterocycles. The maximum atomic E-state index is 12.1. The van der Waals surface area contributed by atoms with Crippen LogP contribution in [0, 0.1) is 17.3 Å². The summed E-state index contributed by atoms with van der Waals surface area (Å²) in [7, 11) is 0. The van der Waals surface area contributed by atoms with E-state index < -0.39 is 0 Å². The van der Waals surface area contributed by atoms with Crippen LogP contribution in [0.4, 0.5) is 0 Å². The first-order valence-corrected chi connectivity index (χ1v) is 7.37. The molecule has 2 unspecified atom stereocenters. The van der Waals surface area contributed by atoms with Gasteiger partial charge < -0.3 is 10.1 Å². The molecule has 0 spiro atoms. The van der Waals surface area contributed by atoms with E-state index in [1.165, 1.54) is 6.42 Å². The third kappa shape index (κ3) is 3.71. The fourth-order valence-electron chi connectivity index (χ4n) is 3.66. The number of ether oxygens (including phenoxy) is 1. The number of hydrogen-bond donors (Lipinski definition) is 1. The van der Waals surface area contributed by atoms with E-state index in [2.05, 4.69) is 26.1 Å². The molecule has 0 aromatic rings. The van der Waals surface area contributed by atoms with E-state index in [4.69, 9.17) is 4.74 Å². The SMILES string of the molecule is CC1CC(OC(=O)[C@H]2CCCNC2)CC(C)(C)C1. The highest BCUT2D eigenvalue weighted by molar-refractivity contribution is 5.73. The summed E-state index contributed by atoms with van der Waals surface area (Å²) < 4.78 is 5.76. The molecule has 0 aromatic carbocycles. The van der Waals surface area contributed by atoms with Crippen molar-refractivity contribution in [3.8, 4) is 0 Å². The quantitative estimate of drug-likeness (QED) is 0.769. The molecule has 0 bridgehead atoms. The van der Waals surface area contributed by atoms with Crippen molar-refractivity contribution in [3.63, 3.8) is 0 Å². The lowest BCUT2D eigenvalue weighted by Gasteiger charge is -2.39. The highest BCUT2D eigenvalue weighted by Gasteiger charge is 2.35. The fourth-order valence-corrected chi connectivity index (χ4v) is 3.66. The van der Waals surface area contributed by atoms with Gasteiger partial charge in [-0.05, 0) is 50.0 Å². The molecule has 18 heavy (non-hydrogen) atoms. The van der Waals surface area contributed by atoms with Crippen LogP contribution < -0.4 is 5.32 Å². The minimum absolute atomic E-state index is 0.0251. The van der Waals surface area contributed by atoms with Crippen molar-refractivity contribution in [2.45, 2.75) is 59.0 Å². The Balaban J connectivity index is 1.86. The third-order valence-corrected chi connectivity index (χ3v) is 4.26. The maximum absolute atomic E-state index is 12.1. The molecule has 2 aliphatic rings. The average Bonchev–Trinajstić information content (AvgIpc) is 2.27. The Labute approximate surface area is 111 Å². The van der Waals surface area contributed by atoms with Gasteiger partial charge in [-0.15, -0.1) is 0 Å². The molecule has 1 aliphatic carbocycles. The molecule has 1 aliphatic heterocycles. The minimum Gasteiger partial charge on any atom is -0.462 e. The summed E-state index contributed by atoms with van der Waals surface area (Å²) in [5, 5.41) is 3.28. The summed E-state index contributed by atoms with van der Waals surface area (Å²) in [4.78, 5) is 12.1. The molecule has 2 fully saturated rings. The summed E-state index contributed by atoms with van der Waals surface area (Å²) in [5.74, 6) is 0.771. The highest BCUT2D eigenvalue weighted by atomic mass is 16.5. The Morgan fingerprint density at radius 1 is 1.33 bits per heavy atom. The van der Waals surface area contributed by atoms with Gasteiger partial charge in [-0.25, -0.2) is 0 Å². The summed E-state index contributed by atoms with van der Waals surface area (Å²) >= 11 is 0. The van der Waals surface area contributed by atoms with Gasteiger partial charge in [0.15, 0.2) is 0 Å². The lowest BCUT2D eigenvalue weighted by molar-refractivity contribution is -0.159. The number of hydrogen-bond acceptors (Lipinski definition) is 3. The second-order valence-corrected chi connectivity index (χ2v) is 7.02. The Morgan fingerprint density at radius 3 is 2.72 bits per heavy atom. The second kappa shape index (κ2) is 5.60. The van der Waals surface area contributed by atoms with E-state index in [-0.39, 0.29) is 18.0 Å². The van der Waals surface area contributed by atoms with Crippen LogP contribution in [0.25, 0.3) is 0 Å². The number of esters is 1. The van der Waals surface area contributed by atoms with Gasteiger partial charge in [-0.2, -0.15) is 0 Å². The Hall–Kier alpha value is -0.570. The van der Waals surface area contributed by atoms with Crippen molar-refractivity contribution >= 4 is 5.97 Å². The van der Waals surface area contributed by atoms with Crippen molar-refractivity contribution in [3.05, 3.63) is 0 Å². The molecule has 104 valence electrons. The van der Waals surface area contributed by atoms with Gasteiger partial charge in [0.05, 0.1) is 5.92 Å². The predicted molar refractivity (Wildman–Crippen MR) is 72.3 cm³/mol. The van der Waals surface area contributed by atoms with Crippen LogP contribution in [0.5, 0.6) is 0 Å². The Bertz CT molecular complexity index is 295. The van der Waals surface area contributed by atoms with Crippen LogP contribution in [0.3, 0.4) is 0 Å². The first-order chi connectivity index (χ1) is 8.46. The van der Waals surface area contributed by atoms with Gasteiger partial charge in [0.25, 0.3) is 0 Å². The normalized spacial score (nSPS) is 36.1. The van der Waals surface area contributed by atoms with E-state index in [1.807, 2.05) is 0 Å². The van der Waals surface area contributed by atoms with Gasteiger partial charge in [0.1, 0.15) is 6.10 Å². The third-order valence-electron chi connectivity index (χ3n) is 4.26. The molecule has 2 rings (SSSR count). The summed E-state index contributed by atoms with van der Waals surface area (Å²) in [6.07, 6.45) is 5.51. The summed E-state index contributed by atoms with van der Waals surface area (Å²) in [5.41, 5.74) is 0.313. The smallest absolute Gasteiger partial charge is 0.310 e. The van der Waals surface area contributed by atoms with Crippen molar-refractivity contribution in [2.24, 2.45) is 17.3 Å². The van der Waals surface area contributed by atoms with Crippen molar-refractivity contribution in [1.29, 1.82) is 0 Å². The predicted octanol–water partition coefficient (Wildman–Crippen LogP) is 2.74. The number of carbonyl (C=O) groups excluding carboxylic acids is 1. The summed E-state index contributed by atoms with van der Waals surface area (Å²) in [6, 6.07) is 0. The van der Waals surface area contributed by atoms with Crippen LogP contribution in [-0.4, -0.2) is 25.2 Å². The Morgan fingerprint density at radius 2 is 2.11 bits per heavy atom. The minimum atomic E-state index is 0.0251. The van der Waals surface area contributed by atoms with E-state index in [1.54, 1.807) is 0 Å². The molecule has 0 amide bonds. The topological polar surface area (TPSA) is 38.3 Å². The van der Waals surface area contributed by atoms with Crippen molar-refractivity contribution < 1.29 is 9.53 Å². The van der Waals surface area contributed by atoms with E-state index in [0.29, 0.717) is 11.3 Å². The molecule has 3 atom stereocenters. The van der Waals surface area contributed by atoms with Crippen LogP contribution in [-0.2, 0) is 9.53 Å². The zero-order valence-corrected chi connectivity index (χ0v) is 12.0. The van der Waals surface area contributed by atoms with E-state index in [9.17, 15) is 4.79 Å². The fraction of sp³-hybridized carbons (Fsp3) is 0.933. The van der Waals surface area contributed by atoms with Crippen molar-refractivity contribution in [1.82, 2.24) is 5.32 Å². The second-order valence-electron chi connectivity index (χ2n) is 7.02. The molecular formula is C15H27NO2. The van der Waals surface area contributed by atoms with Gasteiger partial charge in [-0.1, -0.05) is 20.8 Å². The standard InChI is InChI=1S/C15H27NO2/c1-11-7-13(9-15(2,3)8-11)18-14(17)12-5-4-6-16-10-12/h11-13,16H,4-10H2,1-3H3/t11?,12-,13?/m0/s1. The molecule has 3 heteroatoms. The van der Waals surface area contributed by atoms with Crippen molar-refractivity contribution in [2.75, 3.05) is 13.1 Å². The van der Waals surface area contributed by atoms with Crippen LogP contribution in [0.15, 0.2) is 0 Å². The number of piperidine rings is 1. The van der Waals surface area contributed by atoms with Crippen LogP contribution in [0.1, 0.15) is 52.9 Å². The monoisotopic (exact) mass is 253 g/mol. The molecule has 1 saturated carbocycles. The van der Waals surface area contributed by atoms with Crippen LogP contribution >= 0.6 is 0 Å². The van der Waals surface area contributed by atoms with Gasteiger partial charge >= 0.3 is 5.97 Å². The highest BCUT2D eigenvalue weighted by Crippen LogP contribution is 2.39. The van der Waals surface area contributed by atoms with Gasteiger partial charge in [0, 0.05) is 6.54 Å². The number of carbonyl (C=O) groups is 1. The number of rotatable bonds is 2. The lowest BCUT2D eigenvalue weighted by Crippen LogP contribution is -2.39. The van der Waals surface area contributed by atoms with E-state index in [0.717, 1.165) is 38.8 Å². The van der Waals surface area contributed by atoms with Gasteiger partial charge in [0.2, 0.25) is 0 Å². The lowest BCUT2D eigenvalue weighted by atomic mass is 9.71. The molecule has 1 N–H and O–H groups in total. The Kier molecular flexibility index (Phi) is 4.31. The van der Waals surface area contributed by atoms with E-state index >= 15 is 0 Å². The number of nitrogens with one attached hydrogen (secondary N) is 1. The first kappa shape index (κ1) is 13.9. The zero-order chi connectivity index (χ0) is 13.2. The van der Waals surface area contributed by atoms with Gasteiger partial charge in [-0.3, -0.25) is 4.79 Å².